The summed E-state index contributed by atoms with van der Waals surface area (Å²) in [4.78, 5) is 20.5. The second kappa shape index (κ2) is 7.31. The normalized spacial score (nSPS) is 14.3. The average molecular weight is 567 g/mol. The molecule has 1 aliphatic heterocycles. The summed E-state index contributed by atoms with van der Waals surface area (Å²) in [5.41, 5.74) is 2.82. The SMILES string of the molecule is CCCN1c2cc[c]([Sn]([CH3])([CH3])[CH3])cc2Sc2c[c]([Sn]([CH3])([CH3])[CH3])ccc21. The predicted molar refractivity (Wildman–Crippen MR) is 120 cm³/mol. The molecule has 4 heteroatoms. The second-order valence-corrected chi connectivity index (χ2v) is 39.2. The molecule has 0 radical (unpaired) electrons. The Bertz CT molecular complexity index is 724. The van der Waals surface area contributed by atoms with Gasteiger partial charge in [-0.25, -0.2) is 0 Å². The van der Waals surface area contributed by atoms with Gasteiger partial charge in [-0.05, 0) is 0 Å². The summed E-state index contributed by atoms with van der Waals surface area (Å²) in [6.07, 6.45) is 1.17. The van der Waals surface area contributed by atoms with Crippen molar-refractivity contribution >= 4 is 67.0 Å². The van der Waals surface area contributed by atoms with Gasteiger partial charge in [-0.15, -0.1) is 0 Å². The maximum absolute atomic E-state index is 2.55. The van der Waals surface area contributed by atoms with Crippen molar-refractivity contribution < 1.29 is 0 Å². The van der Waals surface area contributed by atoms with Gasteiger partial charge in [0.15, 0.2) is 0 Å². The minimum atomic E-state index is -2.04. The summed E-state index contributed by atoms with van der Waals surface area (Å²) in [6, 6.07) is 14.6. The average Bonchev–Trinajstić information content (AvgIpc) is 2.52. The van der Waals surface area contributed by atoms with Crippen LogP contribution in [0.25, 0.3) is 0 Å². The van der Waals surface area contributed by atoms with Gasteiger partial charge >= 0.3 is 168 Å². The number of fused-ring (bicyclic) bond motifs is 2. The van der Waals surface area contributed by atoms with Gasteiger partial charge in [0.25, 0.3) is 0 Å². The van der Waals surface area contributed by atoms with Gasteiger partial charge in [-0.2, -0.15) is 0 Å². The Balaban J connectivity index is 2.11. The van der Waals surface area contributed by atoms with Crippen LogP contribution in [-0.4, -0.2) is 43.3 Å². The van der Waals surface area contributed by atoms with Gasteiger partial charge in [0.2, 0.25) is 0 Å². The summed E-state index contributed by atoms with van der Waals surface area (Å²) in [5.74, 6) is 0. The molecule has 3 rings (SSSR count). The fourth-order valence-electron chi connectivity index (χ4n) is 3.28. The van der Waals surface area contributed by atoms with E-state index >= 15 is 0 Å². The van der Waals surface area contributed by atoms with E-state index in [1.165, 1.54) is 27.6 Å². The first-order chi connectivity index (χ1) is 11.6. The van der Waals surface area contributed by atoms with Gasteiger partial charge in [-0.3, -0.25) is 0 Å². The molecule has 0 spiro atoms. The summed E-state index contributed by atoms with van der Waals surface area (Å²) >= 11 is -2.09. The second-order valence-electron chi connectivity index (χ2n) is 9.12. The van der Waals surface area contributed by atoms with E-state index < -0.39 is 36.8 Å². The molecule has 0 N–H and O–H groups in total. The molecule has 2 aromatic rings. The fourth-order valence-corrected chi connectivity index (χ4v) is 11.7. The number of hydrogen-bond donors (Lipinski definition) is 0. The number of rotatable bonds is 4. The van der Waals surface area contributed by atoms with E-state index in [1.807, 2.05) is 11.8 Å². The predicted octanol–water partition coefficient (Wildman–Crippen LogP) is 5.79. The molecule has 0 saturated heterocycles. The van der Waals surface area contributed by atoms with Crippen molar-refractivity contribution in [2.24, 2.45) is 0 Å². The topological polar surface area (TPSA) is 3.24 Å². The zero-order valence-corrected chi connectivity index (χ0v) is 23.3. The van der Waals surface area contributed by atoms with Crippen molar-refractivity contribution in [2.45, 2.75) is 52.8 Å². The summed E-state index contributed by atoms with van der Waals surface area (Å²) in [5, 5.41) is 0. The van der Waals surface area contributed by atoms with Crippen LogP contribution in [0.15, 0.2) is 46.2 Å². The third-order valence-corrected chi connectivity index (χ3v) is 17.7. The van der Waals surface area contributed by atoms with E-state index in [4.69, 9.17) is 0 Å². The van der Waals surface area contributed by atoms with E-state index in [0.29, 0.717) is 0 Å². The Kier molecular flexibility index (Phi) is 5.83. The standard InChI is InChI=1S/C15H13NS.6CH3.2Sn/c1-2-11-16-12-7-3-5-9-14(12)17-15-10-6-4-8-13(15)16;;;;;;;;/h3-4,7-10H,2,11H2,1H3;6*1H3;;. The zero-order valence-electron chi connectivity index (χ0n) is 16.7. The molecule has 0 fully saturated rings. The molecule has 0 saturated carbocycles. The van der Waals surface area contributed by atoms with Crippen molar-refractivity contribution in [3.05, 3.63) is 36.4 Å². The van der Waals surface area contributed by atoms with Crippen LogP contribution in [0.3, 0.4) is 0 Å². The first-order valence-corrected chi connectivity index (χ1v) is 30.2. The number of hydrogen-bond acceptors (Lipinski definition) is 2. The van der Waals surface area contributed by atoms with Crippen LogP contribution in [0.5, 0.6) is 0 Å². The summed E-state index contributed by atoms with van der Waals surface area (Å²) < 4.78 is 3.26. The Morgan fingerprint density at radius 3 is 1.56 bits per heavy atom. The molecule has 2 aromatic carbocycles. The molecular weight excluding hydrogens is 536 g/mol. The Hall–Kier alpha value is 0.187. The van der Waals surface area contributed by atoms with E-state index in [9.17, 15) is 0 Å². The fraction of sp³-hybridized carbons (Fsp3) is 0.429. The molecule has 0 atom stereocenters. The third kappa shape index (κ3) is 4.21. The molecule has 1 aliphatic rings. The van der Waals surface area contributed by atoms with E-state index in [0.717, 1.165) is 6.54 Å². The summed E-state index contributed by atoms with van der Waals surface area (Å²) in [7, 11) is 0. The van der Waals surface area contributed by atoms with E-state index in [2.05, 4.69) is 77.9 Å². The van der Waals surface area contributed by atoms with Crippen molar-refractivity contribution in [2.75, 3.05) is 11.4 Å². The molecule has 0 unspecified atom stereocenters. The van der Waals surface area contributed by atoms with Crippen LogP contribution in [-0.2, 0) is 0 Å². The molecule has 0 aliphatic carbocycles. The van der Waals surface area contributed by atoms with Crippen molar-refractivity contribution in [1.29, 1.82) is 0 Å². The molecular formula is C21H31NSSn2. The molecule has 134 valence electrons. The number of nitrogens with zero attached hydrogens (tertiary/aromatic N) is 1. The Morgan fingerprint density at radius 1 is 0.760 bits per heavy atom. The van der Waals surface area contributed by atoms with Crippen LogP contribution in [0.1, 0.15) is 13.3 Å². The van der Waals surface area contributed by atoms with Gasteiger partial charge in [-0.1, -0.05) is 0 Å². The Labute approximate surface area is 166 Å². The van der Waals surface area contributed by atoms with Crippen LogP contribution in [0.2, 0.25) is 29.6 Å². The quantitative estimate of drug-likeness (QED) is 0.431. The van der Waals surface area contributed by atoms with E-state index in [-0.39, 0.29) is 0 Å². The van der Waals surface area contributed by atoms with Gasteiger partial charge in [0, 0.05) is 0 Å². The molecule has 1 heterocycles. The first kappa shape index (κ1) is 19.9. The van der Waals surface area contributed by atoms with Crippen LogP contribution in [0.4, 0.5) is 11.4 Å². The molecule has 0 bridgehead atoms. The van der Waals surface area contributed by atoms with Crippen molar-refractivity contribution in [3.63, 3.8) is 0 Å². The molecule has 0 amide bonds. The van der Waals surface area contributed by atoms with Crippen molar-refractivity contribution in [1.82, 2.24) is 0 Å². The summed E-state index contributed by atoms with van der Waals surface area (Å²) in [6.45, 7) is 3.37. The first-order valence-electron chi connectivity index (χ1n) is 9.35. The van der Waals surface area contributed by atoms with Crippen LogP contribution >= 0.6 is 11.8 Å². The van der Waals surface area contributed by atoms with Crippen molar-refractivity contribution in [3.8, 4) is 0 Å². The van der Waals surface area contributed by atoms with Gasteiger partial charge in [0.1, 0.15) is 0 Å². The zero-order chi connectivity index (χ0) is 18.4. The monoisotopic (exact) mass is 569 g/mol. The third-order valence-electron chi connectivity index (χ3n) is 4.90. The van der Waals surface area contributed by atoms with E-state index in [1.54, 1.807) is 7.16 Å². The number of benzene rings is 2. The minimum absolute atomic E-state index is 1.09. The van der Waals surface area contributed by atoms with Gasteiger partial charge < -0.3 is 0 Å². The van der Waals surface area contributed by atoms with Crippen LogP contribution < -0.4 is 12.1 Å². The van der Waals surface area contributed by atoms with Gasteiger partial charge in [0.05, 0.1) is 0 Å². The molecule has 1 nitrogen and oxygen atoms in total. The molecule has 25 heavy (non-hydrogen) atoms. The Morgan fingerprint density at radius 2 is 1.20 bits per heavy atom. The van der Waals surface area contributed by atoms with Crippen LogP contribution in [0, 0.1) is 0 Å². The molecule has 0 aromatic heterocycles. The number of anilines is 2. The maximum atomic E-state index is 2.55.